The number of hydrogen-bond donors (Lipinski definition) is 2. The van der Waals surface area contributed by atoms with Crippen molar-refractivity contribution in [3.05, 3.63) is 29.3 Å². The summed E-state index contributed by atoms with van der Waals surface area (Å²) in [6.07, 6.45) is 3.70. The van der Waals surface area contributed by atoms with Crippen LogP contribution in [0.2, 0.25) is 5.02 Å². The number of rotatable bonds is 2. The Morgan fingerprint density at radius 1 is 1.39 bits per heavy atom. The van der Waals surface area contributed by atoms with Gasteiger partial charge in [0.2, 0.25) is 5.91 Å². The second kappa shape index (κ2) is 4.90. The van der Waals surface area contributed by atoms with E-state index in [9.17, 15) is 4.79 Å². The smallest absolute Gasteiger partial charge is 0.241 e. The van der Waals surface area contributed by atoms with E-state index in [4.69, 9.17) is 11.6 Å². The van der Waals surface area contributed by atoms with Gasteiger partial charge >= 0.3 is 0 Å². The van der Waals surface area contributed by atoms with Crippen LogP contribution in [0.5, 0.6) is 0 Å². The van der Waals surface area contributed by atoms with Crippen molar-refractivity contribution >= 4 is 23.2 Å². The standard InChI is InChI=1S/C14H17ClN2O/c15-10-4-2-5-11(7-10)17-14(18)13-12-6-1-3-9(12)8-16-13/h2,4-5,7,9,12-13,16H,1,3,6,8H2,(H,17,18). The lowest BCUT2D eigenvalue weighted by Crippen LogP contribution is -2.39. The quantitative estimate of drug-likeness (QED) is 0.862. The molecule has 0 radical (unpaired) electrons. The minimum atomic E-state index is -0.0310. The Balaban J connectivity index is 1.68. The van der Waals surface area contributed by atoms with Crippen molar-refractivity contribution in [1.82, 2.24) is 5.32 Å². The van der Waals surface area contributed by atoms with Gasteiger partial charge in [-0.3, -0.25) is 4.79 Å². The van der Waals surface area contributed by atoms with Gasteiger partial charge in [0.25, 0.3) is 0 Å². The zero-order chi connectivity index (χ0) is 12.5. The molecule has 2 N–H and O–H groups in total. The van der Waals surface area contributed by atoms with Crippen LogP contribution in [0.15, 0.2) is 24.3 Å². The van der Waals surface area contributed by atoms with Crippen LogP contribution in [0.1, 0.15) is 19.3 Å². The maximum absolute atomic E-state index is 12.3. The summed E-state index contributed by atoms with van der Waals surface area (Å²) in [6.45, 7) is 0.984. The van der Waals surface area contributed by atoms with Crippen LogP contribution >= 0.6 is 11.6 Å². The van der Waals surface area contributed by atoms with Crippen LogP contribution < -0.4 is 10.6 Å². The molecule has 1 saturated carbocycles. The Kier molecular flexibility index (Phi) is 3.27. The number of nitrogens with one attached hydrogen (secondary N) is 2. The summed E-state index contributed by atoms with van der Waals surface area (Å²) in [5.41, 5.74) is 0.774. The molecule has 1 aliphatic carbocycles. The largest absolute Gasteiger partial charge is 0.325 e. The van der Waals surface area contributed by atoms with Gasteiger partial charge < -0.3 is 10.6 Å². The minimum absolute atomic E-state index is 0.0310. The highest BCUT2D eigenvalue weighted by Gasteiger charge is 2.42. The highest BCUT2D eigenvalue weighted by molar-refractivity contribution is 6.30. The van der Waals surface area contributed by atoms with E-state index < -0.39 is 0 Å². The predicted octanol–water partition coefficient (Wildman–Crippen LogP) is 2.67. The van der Waals surface area contributed by atoms with Crippen molar-refractivity contribution in [1.29, 1.82) is 0 Å². The average Bonchev–Trinajstić information content (AvgIpc) is 2.89. The monoisotopic (exact) mass is 264 g/mol. The van der Waals surface area contributed by atoms with Gasteiger partial charge in [-0.1, -0.05) is 24.1 Å². The molecule has 1 aliphatic heterocycles. The zero-order valence-corrected chi connectivity index (χ0v) is 10.9. The Morgan fingerprint density at radius 3 is 3.11 bits per heavy atom. The second-order valence-corrected chi connectivity index (χ2v) is 5.68. The highest BCUT2D eigenvalue weighted by Crippen LogP contribution is 2.38. The van der Waals surface area contributed by atoms with Gasteiger partial charge in [0, 0.05) is 10.7 Å². The van der Waals surface area contributed by atoms with Crippen molar-refractivity contribution in [3.8, 4) is 0 Å². The molecule has 2 aliphatic rings. The van der Waals surface area contributed by atoms with Crippen LogP contribution in [0.25, 0.3) is 0 Å². The lowest BCUT2D eigenvalue weighted by atomic mass is 9.93. The number of hydrogen-bond acceptors (Lipinski definition) is 2. The maximum Gasteiger partial charge on any atom is 0.241 e. The number of anilines is 1. The third-order valence-electron chi connectivity index (χ3n) is 4.12. The molecule has 4 heteroatoms. The molecule has 1 amide bonds. The Morgan fingerprint density at radius 2 is 2.28 bits per heavy atom. The third-order valence-corrected chi connectivity index (χ3v) is 4.36. The van der Waals surface area contributed by atoms with Gasteiger partial charge in [-0.15, -0.1) is 0 Å². The van der Waals surface area contributed by atoms with E-state index in [2.05, 4.69) is 10.6 Å². The molecule has 3 rings (SSSR count). The number of amides is 1. The van der Waals surface area contributed by atoms with Crippen molar-refractivity contribution in [2.45, 2.75) is 25.3 Å². The van der Waals surface area contributed by atoms with Crippen molar-refractivity contribution in [2.24, 2.45) is 11.8 Å². The Hall–Kier alpha value is -1.06. The molecule has 2 fully saturated rings. The normalized spacial score (nSPS) is 30.2. The lowest BCUT2D eigenvalue weighted by Gasteiger charge is -2.17. The summed E-state index contributed by atoms with van der Waals surface area (Å²) < 4.78 is 0. The average molecular weight is 265 g/mol. The first kappa shape index (κ1) is 12.0. The topological polar surface area (TPSA) is 41.1 Å². The van der Waals surface area contributed by atoms with E-state index in [1.54, 1.807) is 12.1 Å². The van der Waals surface area contributed by atoms with Crippen LogP contribution in [-0.4, -0.2) is 18.5 Å². The summed E-state index contributed by atoms with van der Waals surface area (Å²) >= 11 is 5.91. The number of carbonyl (C=O) groups is 1. The first-order valence-electron chi connectivity index (χ1n) is 6.54. The summed E-state index contributed by atoms with van der Waals surface area (Å²) in [4.78, 5) is 12.3. The molecule has 3 unspecified atom stereocenters. The van der Waals surface area contributed by atoms with Gasteiger partial charge in [0.1, 0.15) is 0 Å². The van der Waals surface area contributed by atoms with Crippen LogP contribution in [-0.2, 0) is 4.79 Å². The molecule has 0 spiro atoms. The summed E-state index contributed by atoms with van der Waals surface area (Å²) in [5, 5.41) is 6.94. The molecule has 96 valence electrons. The fraction of sp³-hybridized carbons (Fsp3) is 0.500. The van der Waals surface area contributed by atoms with E-state index in [-0.39, 0.29) is 11.9 Å². The summed E-state index contributed by atoms with van der Waals surface area (Å²) in [6, 6.07) is 7.26. The Labute approximate surface area is 112 Å². The van der Waals surface area contributed by atoms with Gasteiger partial charge in [0.15, 0.2) is 0 Å². The molecule has 1 aromatic rings. The maximum atomic E-state index is 12.3. The van der Waals surface area contributed by atoms with Crippen molar-refractivity contribution in [2.75, 3.05) is 11.9 Å². The molecular formula is C14H17ClN2O. The molecular weight excluding hydrogens is 248 g/mol. The Bertz CT molecular complexity index is 463. The number of benzene rings is 1. The molecule has 18 heavy (non-hydrogen) atoms. The fourth-order valence-electron chi connectivity index (χ4n) is 3.26. The van der Waals surface area contributed by atoms with Crippen LogP contribution in [0.3, 0.4) is 0 Å². The first-order valence-corrected chi connectivity index (χ1v) is 6.91. The highest BCUT2D eigenvalue weighted by atomic mass is 35.5. The van der Waals surface area contributed by atoms with Gasteiger partial charge in [0.05, 0.1) is 6.04 Å². The number of fused-ring (bicyclic) bond motifs is 1. The third kappa shape index (κ3) is 2.25. The van der Waals surface area contributed by atoms with Crippen LogP contribution in [0.4, 0.5) is 5.69 Å². The molecule has 3 atom stereocenters. The molecule has 1 saturated heterocycles. The van der Waals surface area contributed by atoms with E-state index in [1.807, 2.05) is 12.1 Å². The molecule has 1 heterocycles. The molecule has 3 nitrogen and oxygen atoms in total. The number of halogens is 1. The number of carbonyl (C=O) groups excluding carboxylic acids is 1. The van der Waals surface area contributed by atoms with E-state index in [0.717, 1.165) is 12.2 Å². The fourth-order valence-corrected chi connectivity index (χ4v) is 3.45. The first-order chi connectivity index (χ1) is 8.74. The van der Waals surface area contributed by atoms with Crippen molar-refractivity contribution in [3.63, 3.8) is 0 Å². The SMILES string of the molecule is O=C(Nc1cccc(Cl)c1)C1NCC2CCCC21. The van der Waals surface area contributed by atoms with Crippen molar-refractivity contribution < 1.29 is 4.79 Å². The minimum Gasteiger partial charge on any atom is -0.325 e. The van der Waals surface area contributed by atoms with E-state index in [1.165, 1.54) is 19.3 Å². The molecule has 0 bridgehead atoms. The zero-order valence-electron chi connectivity index (χ0n) is 10.2. The summed E-state index contributed by atoms with van der Waals surface area (Å²) in [7, 11) is 0. The molecule has 1 aromatic carbocycles. The molecule has 0 aromatic heterocycles. The lowest BCUT2D eigenvalue weighted by molar-refractivity contribution is -0.118. The van der Waals surface area contributed by atoms with Gasteiger partial charge in [-0.25, -0.2) is 0 Å². The summed E-state index contributed by atoms with van der Waals surface area (Å²) in [5.74, 6) is 1.29. The van der Waals surface area contributed by atoms with Crippen LogP contribution in [0, 0.1) is 11.8 Å². The predicted molar refractivity (Wildman–Crippen MR) is 72.7 cm³/mol. The van der Waals surface area contributed by atoms with E-state index >= 15 is 0 Å². The second-order valence-electron chi connectivity index (χ2n) is 5.24. The van der Waals surface area contributed by atoms with Gasteiger partial charge in [-0.05, 0) is 49.4 Å². The van der Waals surface area contributed by atoms with Gasteiger partial charge in [-0.2, -0.15) is 0 Å². The van der Waals surface area contributed by atoms with E-state index in [0.29, 0.717) is 16.9 Å².